The molecule has 0 saturated carbocycles. The molecule has 3 rings (SSSR count). The molecule has 1 aliphatic rings. The second-order valence-corrected chi connectivity index (χ2v) is 5.62. The lowest BCUT2D eigenvalue weighted by atomic mass is 10.3. The summed E-state index contributed by atoms with van der Waals surface area (Å²) in [6, 6.07) is 7.66. The zero-order valence-electron chi connectivity index (χ0n) is 11.8. The molecule has 1 aliphatic heterocycles. The van der Waals surface area contributed by atoms with Crippen LogP contribution in [0.1, 0.15) is 12.8 Å². The van der Waals surface area contributed by atoms with E-state index in [0.29, 0.717) is 5.82 Å². The van der Waals surface area contributed by atoms with E-state index >= 15 is 0 Å². The van der Waals surface area contributed by atoms with Gasteiger partial charge in [0.25, 0.3) is 0 Å². The Kier molecular flexibility index (Phi) is 4.12. The second-order valence-electron chi connectivity index (χ2n) is 4.87. The SMILES string of the molecule is COc1ccc(Nc2c(NO)nsc2N2CCCC2)cc1. The van der Waals surface area contributed by atoms with Crippen molar-refractivity contribution in [3.8, 4) is 5.75 Å². The fraction of sp³-hybridized carbons (Fsp3) is 0.357. The number of rotatable bonds is 5. The number of nitrogens with one attached hydrogen (secondary N) is 2. The standard InChI is InChI=1S/C14H18N4O2S/c1-20-11-6-4-10(5-7-11)15-12-13(16-19)17-21-14(12)18-8-2-3-9-18/h4-7,15,19H,2-3,8-9H2,1H3,(H,16,17). The van der Waals surface area contributed by atoms with Crippen LogP contribution in [0.15, 0.2) is 24.3 Å². The number of ether oxygens (including phenoxy) is 1. The van der Waals surface area contributed by atoms with E-state index in [4.69, 9.17) is 4.74 Å². The Labute approximate surface area is 127 Å². The van der Waals surface area contributed by atoms with Crippen LogP contribution in [-0.2, 0) is 0 Å². The molecule has 3 N–H and O–H groups in total. The normalized spacial score (nSPS) is 14.3. The van der Waals surface area contributed by atoms with Gasteiger partial charge in [0.2, 0.25) is 0 Å². The van der Waals surface area contributed by atoms with E-state index in [1.807, 2.05) is 24.3 Å². The molecule has 1 aromatic heterocycles. The van der Waals surface area contributed by atoms with Crippen LogP contribution in [-0.4, -0.2) is 29.8 Å². The number of hydrogen-bond acceptors (Lipinski definition) is 7. The smallest absolute Gasteiger partial charge is 0.189 e. The van der Waals surface area contributed by atoms with Crippen LogP contribution in [0.2, 0.25) is 0 Å². The average molecular weight is 306 g/mol. The minimum Gasteiger partial charge on any atom is -0.497 e. The third kappa shape index (κ3) is 2.88. The molecule has 21 heavy (non-hydrogen) atoms. The largest absolute Gasteiger partial charge is 0.497 e. The summed E-state index contributed by atoms with van der Waals surface area (Å²) in [6.45, 7) is 2.06. The average Bonchev–Trinajstić information content (AvgIpc) is 3.17. The highest BCUT2D eigenvalue weighted by atomic mass is 32.1. The van der Waals surface area contributed by atoms with Gasteiger partial charge in [-0.3, -0.25) is 5.21 Å². The van der Waals surface area contributed by atoms with Crippen molar-refractivity contribution in [1.29, 1.82) is 0 Å². The summed E-state index contributed by atoms with van der Waals surface area (Å²) in [6.07, 6.45) is 2.39. The second kappa shape index (κ2) is 6.19. The van der Waals surface area contributed by atoms with Gasteiger partial charge >= 0.3 is 0 Å². The predicted molar refractivity (Wildman–Crippen MR) is 85.2 cm³/mol. The molecule has 0 amide bonds. The molecule has 1 aromatic carbocycles. The van der Waals surface area contributed by atoms with Crippen LogP contribution in [0.25, 0.3) is 0 Å². The quantitative estimate of drug-likeness (QED) is 0.736. The van der Waals surface area contributed by atoms with Gasteiger partial charge in [0.05, 0.1) is 7.11 Å². The lowest BCUT2D eigenvalue weighted by Crippen LogP contribution is -2.17. The summed E-state index contributed by atoms with van der Waals surface area (Å²) in [4.78, 5) is 2.30. The van der Waals surface area contributed by atoms with E-state index in [1.165, 1.54) is 24.4 Å². The van der Waals surface area contributed by atoms with Gasteiger partial charge in [-0.2, -0.15) is 4.37 Å². The van der Waals surface area contributed by atoms with Crippen molar-refractivity contribution in [1.82, 2.24) is 4.37 Å². The maximum Gasteiger partial charge on any atom is 0.189 e. The number of anilines is 4. The van der Waals surface area contributed by atoms with Crippen LogP contribution in [0, 0.1) is 0 Å². The monoisotopic (exact) mass is 306 g/mol. The molecule has 0 unspecified atom stereocenters. The summed E-state index contributed by atoms with van der Waals surface area (Å²) < 4.78 is 9.42. The molecule has 6 nitrogen and oxygen atoms in total. The van der Waals surface area contributed by atoms with Crippen LogP contribution in [0.5, 0.6) is 5.75 Å². The van der Waals surface area contributed by atoms with E-state index in [0.717, 1.165) is 35.2 Å². The van der Waals surface area contributed by atoms with Gasteiger partial charge in [-0.05, 0) is 48.6 Å². The van der Waals surface area contributed by atoms with Gasteiger partial charge in [-0.25, -0.2) is 5.48 Å². The van der Waals surface area contributed by atoms with E-state index in [-0.39, 0.29) is 0 Å². The first-order chi connectivity index (χ1) is 10.3. The van der Waals surface area contributed by atoms with Crippen molar-refractivity contribution < 1.29 is 9.94 Å². The lowest BCUT2D eigenvalue weighted by Gasteiger charge is -2.18. The zero-order valence-corrected chi connectivity index (χ0v) is 12.6. The summed E-state index contributed by atoms with van der Waals surface area (Å²) in [5.74, 6) is 1.27. The maximum atomic E-state index is 9.25. The fourth-order valence-corrected chi connectivity index (χ4v) is 3.27. The van der Waals surface area contributed by atoms with Crippen LogP contribution in [0.4, 0.5) is 22.2 Å². The van der Waals surface area contributed by atoms with Gasteiger partial charge in [0, 0.05) is 18.8 Å². The maximum absolute atomic E-state index is 9.25. The highest BCUT2D eigenvalue weighted by molar-refractivity contribution is 7.11. The number of aromatic nitrogens is 1. The topological polar surface area (TPSA) is 69.6 Å². The molecule has 0 aliphatic carbocycles. The Morgan fingerprint density at radius 2 is 1.95 bits per heavy atom. The van der Waals surface area contributed by atoms with Gasteiger partial charge in [0.1, 0.15) is 16.4 Å². The predicted octanol–water partition coefficient (Wildman–Crippen LogP) is 3.30. The molecule has 2 heterocycles. The molecule has 1 fully saturated rings. The number of hydrogen-bond donors (Lipinski definition) is 3. The molecule has 0 atom stereocenters. The van der Waals surface area contributed by atoms with Crippen molar-refractivity contribution in [2.75, 3.05) is 35.9 Å². The van der Waals surface area contributed by atoms with Crippen LogP contribution in [0.3, 0.4) is 0 Å². The Hall–Kier alpha value is -1.99. The van der Waals surface area contributed by atoms with Gasteiger partial charge in [0.15, 0.2) is 5.82 Å². The van der Waals surface area contributed by atoms with E-state index in [2.05, 4.69) is 20.1 Å². The van der Waals surface area contributed by atoms with Crippen molar-refractivity contribution in [2.24, 2.45) is 0 Å². The third-order valence-corrected chi connectivity index (χ3v) is 4.44. The fourth-order valence-electron chi connectivity index (χ4n) is 2.43. The molecule has 112 valence electrons. The Morgan fingerprint density at radius 3 is 2.57 bits per heavy atom. The molecular weight excluding hydrogens is 288 g/mol. The summed E-state index contributed by atoms with van der Waals surface area (Å²) in [7, 11) is 1.64. The van der Waals surface area contributed by atoms with E-state index < -0.39 is 0 Å². The Bertz CT molecular complexity index is 594. The minimum absolute atomic E-state index is 0.456. The van der Waals surface area contributed by atoms with Crippen molar-refractivity contribution in [2.45, 2.75) is 12.8 Å². The highest BCUT2D eigenvalue weighted by Crippen LogP contribution is 2.40. The minimum atomic E-state index is 0.456. The molecular formula is C14H18N4O2S. The summed E-state index contributed by atoms with van der Waals surface area (Å²) >= 11 is 1.39. The number of nitrogens with zero attached hydrogens (tertiary/aromatic N) is 2. The van der Waals surface area contributed by atoms with Crippen molar-refractivity contribution >= 4 is 33.7 Å². The molecule has 0 spiro atoms. The van der Waals surface area contributed by atoms with Crippen molar-refractivity contribution in [3.63, 3.8) is 0 Å². The van der Waals surface area contributed by atoms with Crippen molar-refractivity contribution in [3.05, 3.63) is 24.3 Å². The van der Waals surface area contributed by atoms with E-state index in [9.17, 15) is 5.21 Å². The number of benzene rings is 1. The van der Waals surface area contributed by atoms with Crippen LogP contribution >= 0.6 is 11.5 Å². The van der Waals surface area contributed by atoms with Crippen LogP contribution < -0.4 is 20.4 Å². The molecule has 1 saturated heterocycles. The van der Waals surface area contributed by atoms with E-state index in [1.54, 1.807) is 7.11 Å². The summed E-state index contributed by atoms with van der Waals surface area (Å²) in [5, 5.41) is 13.6. The molecule has 0 bridgehead atoms. The first kappa shape index (κ1) is 14.0. The Morgan fingerprint density at radius 1 is 1.24 bits per heavy atom. The first-order valence-corrected chi connectivity index (χ1v) is 7.65. The summed E-state index contributed by atoms with van der Waals surface area (Å²) in [5.41, 5.74) is 3.91. The zero-order chi connectivity index (χ0) is 14.7. The lowest BCUT2D eigenvalue weighted by molar-refractivity contribution is 0.387. The third-order valence-electron chi connectivity index (χ3n) is 3.53. The first-order valence-electron chi connectivity index (χ1n) is 6.87. The van der Waals surface area contributed by atoms with Gasteiger partial charge in [-0.15, -0.1) is 0 Å². The van der Waals surface area contributed by atoms with Gasteiger partial charge in [-0.1, -0.05) is 0 Å². The Balaban J connectivity index is 1.86. The molecule has 0 radical (unpaired) electrons. The number of methoxy groups -OCH3 is 1. The van der Waals surface area contributed by atoms with Gasteiger partial charge < -0.3 is 15.0 Å². The molecule has 7 heteroatoms. The highest BCUT2D eigenvalue weighted by Gasteiger charge is 2.22. The molecule has 2 aromatic rings.